The minimum Gasteiger partial charge on any atom is -0.462 e. The molecule has 0 saturated heterocycles. The summed E-state index contributed by atoms with van der Waals surface area (Å²) in [6.45, 7) is 4.93. The number of hydrogen-bond donors (Lipinski definition) is 3. The molecule has 0 saturated carbocycles. The van der Waals surface area contributed by atoms with Crippen molar-refractivity contribution in [1.29, 1.82) is 0 Å². The number of phosphoric acid groups is 2. The Morgan fingerprint density at radius 3 is 0.670 bits per heavy atom. The van der Waals surface area contributed by atoms with Crippen LogP contribution in [0.25, 0.3) is 0 Å². The first-order valence-corrected chi connectivity index (χ1v) is 39.3. The van der Waals surface area contributed by atoms with Crippen LogP contribution in [0.15, 0.2) is 0 Å². The average Bonchev–Trinajstić information content (AvgIpc) is 3.61. The summed E-state index contributed by atoms with van der Waals surface area (Å²) in [5, 5.41) is 10.6. The van der Waals surface area contributed by atoms with Crippen molar-refractivity contribution in [3.63, 3.8) is 0 Å². The summed E-state index contributed by atoms with van der Waals surface area (Å²) in [5.41, 5.74) is 0. The Kier molecular flexibility index (Phi) is 62.4. The Morgan fingerprint density at radius 1 is 0.273 bits per heavy atom. The number of aliphatic hydroxyl groups is 1. The second-order valence-electron chi connectivity index (χ2n) is 24.9. The molecule has 0 heterocycles. The van der Waals surface area contributed by atoms with Gasteiger partial charge in [-0.15, -0.1) is 0 Å². The molecule has 0 aromatic carbocycles. The SMILES string of the molecule is CCCCCCCCCCCCCCCCCC(=O)O[C@H](COC(=O)CCCCCCCCCCC)COP(=O)(O)OC[C@@H](O)COP(=O)(O)OC[C@@H](COC(=O)CCCCCCCCCCCCCCC)OC(=O)CCCCCCCCCCCCC. The molecule has 0 spiro atoms. The molecule has 0 aliphatic heterocycles. The quantitative estimate of drug-likeness (QED) is 0.0222. The molecule has 0 fully saturated rings. The van der Waals surface area contributed by atoms with Gasteiger partial charge in [0.15, 0.2) is 12.2 Å². The zero-order valence-electron chi connectivity index (χ0n) is 56.7. The van der Waals surface area contributed by atoms with E-state index in [9.17, 15) is 43.2 Å². The van der Waals surface area contributed by atoms with Crippen LogP contribution in [0.3, 0.4) is 0 Å². The molecular weight excluding hydrogens is 1160 g/mol. The smallest absolute Gasteiger partial charge is 0.462 e. The molecule has 19 heteroatoms. The Labute approximate surface area is 537 Å². The summed E-state index contributed by atoms with van der Waals surface area (Å²) in [4.78, 5) is 72.4. The Bertz CT molecular complexity index is 1690. The van der Waals surface area contributed by atoms with Crippen LogP contribution in [0.5, 0.6) is 0 Å². The lowest BCUT2D eigenvalue weighted by Crippen LogP contribution is -2.30. The largest absolute Gasteiger partial charge is 0.472 e. The molecule has 0 rings (SSSR count). The summed E-state index contributed by atoms with van der Waals surface area (Å²) in [5.74, 6) is -2.12. The first kappa shape index (κ1) is 86.1. The van der Waals surface area contributed by atoms with Gasteiger partial charge in [0.05, 0.1) is 26.4 Å². The van der Waals surface area contributed by atoms with E-state index >= 15 is 0 Å². The predicted molar refractivity (Wildman–Crippen MR) is 354 cm³/mol. The van der Waals surface area contributed by atoms with E-state index in [-0.39, 0.29) is 25.7 Å². The molecule has 0 amide bonds. The van der Waals surface area contributed by atoms with Gasteiger partial charge < -0.3 is 33.8 Å². The molecule has 88 heavy (non-hydrogen) atoms. The van der Waals surface area contributed by atoms with E-state index in [1.165, 1.54) is 193 Å². The highest BCUT2D eigenvalue weighted by Crippen LogP contribution is 2.45. The van der Waals surface area contributed by atoms with Crippen molar-refractivity contribution in [3.8, 4) is 0 Å². The van der Waals surface area contributed by atoms with Crippen LogP contribution in [0.4, 0.5) is 0 Å². The lowest BCUT2D eigenvalue weighted by molar-refractivity contribution is -0.161. The maximum atomic E-state index is 13.0. The third kappa shape index (κ3) is 62.8. The molecule has 0 radical (unpaired) electrons. The van der Waals surface area contributed by atoms with Crippen LogP contribution < -0.4 is 0 Å². The first-order valence-electron chi connectivity index (χ1n) is 36.3. The fourth-order valence-corrected chi connectivity index (χ4v) is 12.1. The van der Waals surface area contributed by atoms with E-state index < -0.39 is 97.5 Å². The lowest BCUT2D eigenvalue weighted by atomic mass is 10.0. The standard InChI is InChI=1S/C69H134O17P2/c1-5-9-13-17-21-25-28-30-31-33-36-40-44-48-52-56-69(74)86-64(59-79-66(71)53-49-45-41-37-24-20-16-12-8-4)61-83-87(75,76)81-57-63(70)58-82-88(77,78)84-62-65(85-68(73)55-51-47-43-39-34-27-23-19-15-11-7-3)60-80-67(72)54-50-46-42-38-35-32-29-26-22-18-14-10-6-2/h63-65,70H,5-62H2,1-4H3,(H,75,76)(H,77,78)/t63-,64-,65-/m1/s1. The molecule has 17 nitrogen and oxygen atoms in total. The van der Waals surface area contributed by atoms with Crippen molar-refractivity contribution in [1.82, 2.24) is 0 Å². The van der Waals surface area contributed by atoms with Crippen molar-refractivity contribution >= 4 is 39.5 Å². The highest BCUT2D eigenvalue weighted by Gasteiger charge is 2.30. The van der Waals surface area contributed by atoms with Gasteiger partial charge in [-0.05, 0) is 25.7 Å². The third-order valence-electron chi connectivity index (χ3n) is 16.1. The summed E-state index contributed by atoms with van der Waals surface area (Å²) in [7, 11) is -9.89. The van der Waals surface area contributed by atoms with Crippen molar-refractivity contribution in [2.75, 3.05) is 39.6 Å². The first-order chi connectivity index (χ1) is 42.7. The van der Waals surface area contributed by atoms with Crippen molar-refractivity contribution in [2.45, 2.75) is 380 Å². The van der Waals surface area contributed by atoms with Crippen LogP contribution in [-0.4, -0.2) is 96.7 Å². The van der Waals surface area contributed by atoms with Gasteiger partial charge in [0.1, 0.15) is 19.3 Å². The number of unbranched alkanes of at least 4 members (excludes halogenated alkanes) is 44. The van der Waals surface area contributed by atoms with Crippen LogP contribution in [-0.2, 0) is 65.4 Å². The molecule has 0 aromatic rings. The molecule has 2 unspecified atom stereocenters. The average molecular weight is 1300 g/mol. The van der Waals surface area contributed by atoms with Crippen LogP contribution in [0, 0.1) is 0 Å². The number of hydrogen-bond acceptors (Lipinski definition) is 15. The number of carbonyl (C=O) groups is 4. The van der Waals surface area contributed by atoms with E-state index in [0.717, 1.165) is 89.9 Å². The molecule has 5 atom stereocenters. The number of ether oxygens (including phenoxy) is 4. The zero-order chi connectivity index (χ0) is 64.7. The third-order valence-corrected chi connectivity index (χ3v) is 18.0. The highest BCUT2D eigenvalue weighted by atomic mass is 31.2. The van der Waals surface area contributed by atoms with Gasteiger partial charge in [-0.25, -0.2) is 9.13 Å². The summed E-state index contributed by atoms with van der Waals surface area (Å²) in [6.07, 6.45) is 51.1. The van der Waals surface area contributed by atoms with Gasteiger partial charge in [-0.3, -0.25) is 37.3 Å². The normalized spacial score (nSPS) is 14.0. The molecule has 522 valence electrons. The second-order valence-corrected chi connectivity index (χ2v) is 27.8. The van der Waals surface area contributed by atoms with E-state index in [1.807, 2.05) is 0 Å². The van der Waals surface area contributed by atoms with E-state index in [0.29, 0.717) is 25.7 Å². The summed E-state index contributed by atoms with van der Waals surface area (Å²) < 4.78 is 68.2. The van der Waals surface area contributed by atoms with E-state index in [4.69, 9.17) is 37.0 Å². The molecular formula is C69H134O17P2. The topological polar surface area (TPSA) is 237 Å². The van der Waals surface area contributed by atoms with Gasteiger partial charge in [0, 0.05) is 25.7 Å². The minimum atomic E-state index is -4.95. The summed E-state index contributed by atoms with van der Waals surface area (Å²) in [6, 6.07) is 0. The maximum absolute atomic E-state index is 13.0. The fraction of sp³-hybridized carbons (Fsp3) is 0.942. The van der Waals surface area contributed by atoms with Crippen molar-refractivity contribution < 1.29 is 80.2 Å². The van der Waals surface area contributed by atoms with E-state index in [2.05, 4.69) is 27.7 Å². The van der Waals surface area contributed by atoms with Gasteiger partial charge >= 0.3 is 39.5 Å². The number of carbonyl (C=O) groups excluding carboxylic acids is 4. The number of aliphatic hydroxyl groups excluding tert-OH is 1. The van der Waals surface area contributed by atoms with Gasteiger partial charge in [0.2, 0.25) is 0 Å². The monoisotopic (exact) mass is 1300 g/mol. The molecule has 3 N–H and O–H groups in total. The predicted octanol–water partition coefficient (Wildman–Crippen LogP) is 19.9. The number of phosphoric ester groups is 2. The fourth-order valence-electron chi connectivity index (χ4n) is 10.5. The second kappa shape index (κ2) is 63.8. The lowest BCUT2D eigenvalue weighted by Gasteiger charge is -2.21. The molecule has 0 aromatic heterocycles. The van der Waals surface area contributed by atoms with Gasteiger partial charge in [0.25, 0.3) is 0 Å². The Morgan fingerprint density at radius 2 is 0.455 bits per heavy atom. The Hall–Kier alpha value is -1.94. The van der Waals surface area contributed by atoms with E-state index in [1.54, 1.807) is 0 Å². The Balaban J connectivity index is 5.21. The zero-order valence-corrected chi connectivity index (χ0v) is 58.5. The van der Waals surface area contributed by atoms with Crippen LogP contribution >= 0.6 is 15.6 Å². The molecule has 0 aliphatic carbocycles. The minimum absolute atomic E-state index is 0.108. The van der Waals surface area contributed by atoms with Gasteiger partial charge in [-0.2, -0.15) is 0 Å². The van der Waals surface area contributed by atoms with Crippen LogP contribution in [0.2, 0.25) is 0 Å². The molecule has 0 aliphatic rings. The van der Waals surface area contributed by atoms with Crippen LogP contribution in [0.1, 0.15) is 362 Å². The van der Waals surface area contributed by atoms with Crippen molar-refractivity contribution in [3.05, 3.63) is 0 Å². The number of esters is 4. The summed E-state index contributed by atoms with van der Waals surface area (Å²) >= 11 is 0. The van der Waals surface area contributed by atoms with Gasteiger partial charge in [-0.1, -0.05) is 310 Å². The maximum Gasteiger partial charge on any atom is 0.472 e. The number of rotatable bonds is 70. The highest BCUT2D eigenvalue weighted by molar-refractivity contribution is 7.47. The molecule has 0 bridgehead atoms. The van der Waals surface area contributed by atoms with Crippen molar-refractivity contribution in [2.24, 2.45) is 0 Å².